The van der Waals surface area contributed by atoms with Gasteiger partial charge in [-0.1, -0.05) is 145 Å². The molecule has 0 bridgehead atoms. The minimum Gasteiger partial charge on any atom is -0.295 e. The van der Waals surface area contributed by atoms with E-state index >= 15 is 0 Å². The molecule has 3 aliphatic rings. The van der Waals surface area contributed by atoms with Gasteiger partial charge in [0.15, 0.2) is 5.78 Å². The lowest BCUT2D eigenvalue weighted by Crippen LogP contribution is -2.20. The lowest BCUT2D eigenvalue weighted by molar-refractivity contribution is -0.113. The topological polar surface area (TPSA) is 17.1 Å². The van der Waals surface area contributed by atoms with E-state index in [1.54, 1.807) is 23.6 Å². The van der Waals surface area contributed by atoms with Gasteiger partial charge in [-0.25, -0.2) is 0 Å². The molecule has 4 atom stereocenters. The first-order valence-corrected chi connectivity index (χ1v) is 17.2. The third-order valence-electron chi connectivity index (χ3n) is 10.7. The number of hydrogen-bond donors (Lipinski definition) is 0. The average Bonchev–Trinajstić information content (AvgIpc) is 3.20. The van der Waals surface area contributed by atoms with Crippen molar-refractivity contribution in [2.45, 2.75) is 125 Å². The van der Waals surface area contributed by atoms with Crippen molar-refractivity contribution in [3.8, 4) is 0 Å². The molecule has 0 heterocycles. The van der Waals surface area contributed by atoms with Crippen molar-refractivity contribution in [2.24, 2.45) is 29.1 Å². The van der Waals surface area contributed by atoms with Crippen LogP contribution < -0.4 is 0 Å². The minimum atomic E-state index is 0.145. The summed E-state index contributed by atoms with van der Waals surface area (Å²) in [5.41, 5.74) is 8.80. The molecule has 1 aromatic carbocycles. The third kappa shape index (κ3) is 8.81. The Hall–Kier alpha value is -2.41. The highest BCUT2D eigenvalue weighted by Crippen LogP contribution is 2.45. The van der Waals surface area contributed by atoms with Crippen LogP contribution in [0.5, 0.6) is 0 Å². The molecule has 4 unspecified atom stereocenters. The van der Waals surface area contributed by atoms with Crippen LogP contribution in [0, 0.1) is 29.1 Å². The van der Waals surface area contributed by atoms with Gasteiger partial charge in [-0.2, -0.15) is 0 Å². The maximum atomic E-state index is 12.0. The van der Waals surface area contributed by atoms with Crippen LogP contribution in [0.1, 0.15) is 129 Å². The molecule has 1 nitrogen and oxygen atoms in total. The quantitative estimate of drug-likeness (QED) is 0.257. The second-order valence-corrected chi connectivity index (χ2v) is 14.5. The zero-order valence-corrected chi connectivity index (χ0v) is 27.5. The van der Waals surface area contributed by atoms with Crippen LogP contribution in [-0.2, 0) is 11.2 Å². The summed E-state index contributed by atoms with van der Waals surface area (Å²) in [4.78, 5) is 12.0. The van der Waals surface area contributed by atoms with E-state index < -0.39 is 0 Å². The maximum Gasteiger partial charge on any atom is 0.159 e. The van der Waals surface area contributed by atoms with Crippen LogP contribution in [0.2, 0.25) is 0 Å². The summed E-state index contributed by atoms with van der Waals surface area (Å²) in [5, 5.41) is 0. The van der Waals surface area contributed by atoms with Gasteiger partial charge in [0.05, 0.1) is 0 Å². The number of Topliss-reactive ketones (excluding diaryl/α,β-unsaturated/α-hetero) is 1. The van der Waals surface area contributed by atoms with E-state index in [4.69, 9.17) is 0 Å². The van der Waals surface area contributed by atoms with Gasteiger partial charge in [0.1, 0.15) is 0 Å². The van der Waals surface area contributed by atoms with Crippen molar-refractivity contribution in [1.82, 2.24) is 0 Å². The van der Waals surface area contributed by atoms with Gasteiger partial charge >= 0.3 is 0 Å². The molecular weight excluding hydrogens is 508 g/mol. The van der Waals surface area contributed by atoms with Crippen LogP contribution in [0.15, 0.2) is 77.9 Å². The van der Waals surface area contributed by atoms with E-state index in [1.165, 1.54) is 88.2 Å². The van der Waals surface area contributed by atoms with E-state index in [-0.39, 0.29) is 11.2 Å². The van der Waals surface area contributed by atoms with Crippen molar-refractivity contribution < 1.29 is 4.79 Å². The highest BCUT2D eigenvalue weighted by molar-refractivity contribution is 5.96. The number of rotatable bonds is 10. The van der Waals surface area contributed by atoms with E-state index in [2.05, 4.69) is 76.8 Å². The van der Waals surface area contributed by atoms with E-state index in [1.807, 2.05) is 12.2 Å². The summed E-state index contributed by atoms with van der Waals surface area (Å²) in [7, 11) is 0. The molecule has 4 rings (SSSR count). The van der Waals surface area contributed by atoms with Crippen molar-refractivity contribution >= 4 is 11.4 Å². The lowest BCUT2D eigenvalue weighted by Gasteiger charge is -2.30. The molecule has 1 aromatic rings. The second-order valence-electron chi connectivity index (χ2n) is 14.5. The monoisotopic (exact) mass is 566 g/mol. The van der Waals surface area contributed by atoms with Crippen LogP contribution in [0.25, 0.3) is 5.57 Å². The van der Waals surface area contributed by atoms with Gasteiger partial charge in [-0.3, -0.25) is 4.79 Å². The summed E-state index contributed by atoms with van der Waals surface area (Å²) in [6, 6.07) is 9.30. The number of allylic oxidation sites excluding steroid dienone is 9. The average molecular weight is 567 g/mol. The normalized spacial score (nSPS) is 25.6. The molecule has 1 heteroatoms. The molecule has 0 aliphatic heterocycles. The molecule has 1 fully saturated rings. The number of carbonyl (C=O) groups excluding carboxylic acids is 1. The third-order valence-corrected chi connectivity index (χ3v) is 10.7. The van der Waals surface area contributed by atoms with Crippen LogP contribution in [0.3, 0.4) is 0 Å². The lowest BCUT2D eigenvalue weighted by atomic mass is 9.75. The number of benzene rings is 1. The van der Waals surface area contributed by atoms with Gasteiger partial charge in [-0.15, -0.1) is 6.58 Å². The number of carbonyl (C=O) groups is 1. The Balaban J connectivity index is 1.56. The first kappa shape index (κ1) is 32.5. The van der Waals surface area contributed by atoms with Crippen LogP contribution in [-0.4, -0.2) is 5.78 Å². The Labute approximate surface area is 258 Å². The number of ketones is 1. The van der Waals surface area contributed by atoms with Gasteiger partial charge in [0.2, 0.25) is 0 Å². The fourth-order valence-corrected chi connectivity index (χ4v) is 8.13. The van der Waals surface area contributed by atoms with Crippen molar-refractivity contribution in [3.05, 3.63) is 89.1 Å². The fraction of sp³-hybridized carbons (Fsp3) is 0.585. The Morgan fingerprint density at radius 3 is 2.48 bits per heavy atom. The zero-order valence-electron chi connectivity index (χ0n) is 27.5. The molecule has 3 aliphatic carbocycles. The second kappa shape index (κ2) is 15.4. The van der Waals surface area contributed by atoms with E-state index in [0.717, 1.165) is 30.3 Å². The van der Waals surface area contributed by atoms with Gasteiger partial charge in [0, 0.05) is 5.57 Å². The first-order chi connectivity index (χ1) is 20.2. The molecule has 42 heavy (non-hydrogen) atoms. The molecule has 0 N–H and O–H groups in total. The fourth-order valence-electron chi connectivity index (χ4n) is 8.13. The minimum absolute atomic E-state index is 0.145. The molecule has 0 spiro atoms. The van der Waals surface area contributed by atoms with Crippen LogP contribution >= 0.6 is 0 Å². The molecule has 0 saturated heterocycles. The van der Waals surface area contributed by atoms with Gasteiger partial charge in [0.25, 0.3) is 0 Å². The van der Waals surface area contributed by atoms with Crippen molar-refractivity contribution in [3.63, 3.8) is 0 Å². The summed E-state index contributed by atoms with van der Waals surface area (Å²) < 4.78 is 0. The zero-order chi connectivity index (χ0) is 30.1. The SMILES string of the molecule is C=CC(C)(C)CC1CCCCC(CC2Cc3ccccc3C(CC3=CC=C(C(C)=O)C=CC3)=C(CCC)C2C)CCC1. The molecule has 0 aromatic heterocycles. The standard InChI is InChI=1S/C41H58O/c1-7-15-38-30(3)37(26-32-16-9-10-17-34(20-13-18-32)29-41(5,6)8-2)28-36-21-11-12-23-39(36)40(38)27-33-19-14-22-35(25-24-33)31(4)42/h8,11-12,14,21-25,30,32,34,37H,2,7,9-10,13,15-20,26-29H2,1,3-6H3. The van der Waals surface area contributed by atoms with Crippen molar-refractivity contribution in [1.29, 1.82) is 0 Å². The smallest absolute Gasteiger partial charge is 0.159 e. The predicted molar refractivity (Wildman–Crippen MR) is 182 cm³/mol. The predicted octanol–water partition coefficient (Wildman–Crippen LogP) is 11.8. The number of hydrogen-bond acceptors (Lipinski definition) is 1. The molecule has 0 radical (unpaired) electrons. The Bertz CT molecular complexity index is 1200. The molecule has 228 valence electrons. The first-order valence-electron chi connectivity index (χ1n) is 17.2. The molecule has 0 amide bonds. The largest absolute Gasteiger partial charge is 0.295 e. The summed E-state index contributed by atoms with van der Waals surface area (Å²) in [6.07, 6.45) is 28.6. The Morgan fingerprint density at radius 1 is 1.02 bits per heavy atom. The van der Waals surface area contributed by atoms with E-state index in [9.17, 15) is 4.79 Å². The molecular formula is C41H58O. The summed E-state index contributed by atoms with van der Waals surface area (Å²) in [5.74, 6) is 3.17. The summed E-state index contributed by atoms with van der Waals surface area (Å²) in [6.45, 7) is 15.4. The Morgan fingerprint density at radius 2 is 1.74 bits per heavy atom. The number of fused-ring (bicyclic) bond motifs is 1. The van der Waals surface area contributed by atoms with Gasteiger partial charge in [-0.05, 0) is 91.2 Å². The van der Waals surface area contributed by atoms with Gasteiger partial charge < -0.3 is 0 Å². The van der Waals surface area contributed by atoms with E-state index in [0.29, 0.717) is 11.8 Å². The van der Waals surface area contributed by atoms with Crippen molar-refractivity contribution in [2.75, 3.05) is 0 Å². The highest BCUT2D eigenvalue weighted by atomic mass is 16.1. The highest BCUT2D eigenvalue weighted by Gasteiger charge is 2.31. The molecule has 1 saturated carbocycles. The summed E-state index contributed by atoms with van der Waals surface area (Å²) >= 11 is 0. The Kier molecular flexibility index (Phi) is 11.9. The maximum absolute atomic E-state index is 12.0. The van der Waals surface area contributed by atoms with Crippen LogP contribution in [0.4, 0.5) is 0 Å².